The molecule has 1 aliphatic carbocycles. The lowest BCUT2D eigenvalue weighted by Crippen LogP contribution is -2.34. The molecule has 1 aliphatic heterocycles. The molecule has 2 heterocycles. The van der Waals surface area contributed by atoms with Gasteiger partial charge in [-0.05, 0) is 85.2 Å². The molecule has 0 spiro atoms. The van der Waals surface area contributed by atoms with Gasteiger partial charge in [0.1, 0.15) is 0 Å². The fraction of sp³-hybridized carbons (Fsp3) is 0.333. The van der Waals surface area contributed by atoms with Crippen molar-refractivity contribution in [2.75, 3.05) is 30.4 Å². The highest BCUT2D eigenvalue weighted by Gasteiger charge is 2.22. The molecule has 1 saturated carbocycles. The van der Waals surface area contributed by atoms with Gasteiger partial charge in [-0.3, -0.25) is 4.98 Å². The summed E-state index contributed by atoms with van der Waals surface area (Å²) < 4.78 is 0. The molecule has 0 unspecified atom stereocenters. The van der Waals surface area contributed by atoms with E-state index in [1.54, 1.807) is 6.20 Å². The quantitative estimate of drug-likeness (QED) is 0.465. The first kappa shape index (κ1) is 21.5. The van der Waals surface area contributed by atoms with E-state index < -0.39 is 5.97 Å². The molecule has 1 atom stereocenters. The molecule has 0 radical (unpaired) electrons. The number of pyridine rings is 1. The van der Waals surface area contributed by atoms with Gasteiger partial charge in [0.05, 0.1) is 17.4 Å². The molecule has 3 aromatic rings. The Morgan fingerprint density at radius 3 is 2.70 bits per heavy atom. The fourth-order valence-corrected chi connectivity index (χ4v) is 4.62. The van der Waals surface area contributed by atoms with Crippen LogP contribution >= 0.6 is 0 Å². The van der Waals surface area contributed by atoms with Crippen molar-refractivity contribution in [1.29, 1.82) is 0 Å². The number of nitrogens with one attached hydrogen (secondary N) is 2. The van der Waals surface area contributed by atoms with Gasteiger partial charge in [-0.15, -0.1) is 0 Å². The summed E-state index contributed by atoms with van der Waals surface area (Å²) in [5, 5.41) is 16.2. The summed E-state index contributed by atoms with van der Waals surface area (Å²) in [7, 11) is 2.12. The van der Waals surface area contributed by atoms with Crippen LogP contribution in [0, 0.1) is 5.92 Å². The second-order valence-corrected chi connectivity index (χ2v) is 9.12. The number of carbonyl (C=O) groups is 1. The molecule has 6 nitrogen and oxygen atoms in total. The van der Waals surface area contributed by atoms with Gasteiger partial charge in [-0.1, -0.05) is 18.2 Å². The number of benzene rings is 2. The van der Waals surface area contributed by atoms with Gasteiger partial charge < -0.3 is 20.6 Å². The zero-order valence-electron chi connectivity index (χ0n) is 18.9. The molecule has 3 N–H and O–H groups in total. The number of anilines is 3. The van der Waals surface area contributed by atoms with E-state index in [2.05, 4.69) is 70.0 Å². The van der Waals surface area contributed by atoms with Crippen molar-refractivity contribution in [1.82, 2.24) is 10.3 Å². The molecule has 6 heteroatoms. The van der Waals surface area contributed by atoms with E-state index >= 15 is 0 Å². The molecule has 1 fully saturated rings. The van der Waals surface area contributed by atoms with Gasteiger partial charge >= 0.3 is 5.97 Å². The van der Waals surface area contributed by atoms with Crippen molar-refractivity contribution in [3.8, 4) is 0 Å². The van der Waals surface area contributed by atoms with Gasteiger partial charge in [0, 0.05) is 37.2 Å². The lowest BCUT2D eigenvalue weighted by Gasteiger charge is -2.29. The minimum Gasteiger partial charge on any atom is -0.478 e. The van der Waals surface area contributed by atoms with Crippen molar-refractivity contribution in [3.05, 3.63) is 83.2 Å². The summed E-state index contributed by atoms with van der Waals surface area (Å²) in [6, 6.07) is 17.2. The number of rotatable bonds is 8. The molecule has 33 heavy (non-hydrogen) atoms. The SMILES string of the molecule is CN(c1ccc(CC2CC2)cc1)c1ccc2c(c1)CCN[C@H]2CNc1cnccc1C(=O)O. The van der Waals surface area contributed by atoms with Crippen LogP contribution in [0.5, 0.6) is 0 Å². The monoisotopic (exact) mass is 442 g/mol. The van der Waals surface area contributed by atoms with Gasteiger partial charge in [-0.25, -0.2) is 4.79 Å². The molecule has 2 aromatic carbocycles. The Balaban J connectivity index is 1.29. The Bertz CT molecular complexity index is 1140. The minimum atomic E-state index is -0.954. The van der Waals surface area contributed by atoms with Crippen LogP contribution in [0.4, 0.5) is 17.1 Å². The largest absolute Gasteiger partial charge is 0.478 e. The molecule has 0 saturated heterocycles. The van der Waals surface area contributed by atoms with Gasteiger partial charge in [0.2, 0.25) is 0 Å². The minimum absolute atomic E-state index is 0.108. The van der Waals surface area contributed by atoms with Crippen molar-refractivity contribution >= 4 is 23.0 Å². The first-order chi connectivity index (χ1) is 16.1. The molecular formula is C27H30N4O2. The maximum Gasteiger partial charge on any atom is 0.337 e. The van der Waals surface area contributed by atoms with Crippen LogP contribution in [0.25, 0.3) is 0 Å². The molecule has 0 bridgehead atoms. The van der Waals surface area contributed by atoms with Crippen LogP contribution in [-0.4, -0.2) is 36.2 Å². The van der Waals surface area contributed by atoms with Crippen LogP contribution in [0.3, 0.4) is 0 Å². The molecule has 2 aliphatic rings. The number of carboxylic acid groups (broad SMARTS) is 1. The number of nitrogens with zero attached hydrogens (tertiary/aromatic N) is 2. The molecular weight excluding hydrogens is 412 g/mol. The predicted molar refractivity (Wildman–Crippen MR) is 132 cm³/mol. The zero-order valence-corrected chi connectivity index (χ0v) is 18.9. The highest BCUT2D eigenvalue weighted by atomic mass is 16.4. The Kier molecular flexibility index (Phi) is 6.01. The first-order valence-corrected chi connectivity index (χ1v) is 11.7. The lowest BCUT2D eigenvalue weighted by molar-refractivity contribution is 0.0697. The van der Waals surface area contributed by atoms with Crippen molar-refractivity contribution in [2.24, 2.45) is 5.92 Å². The maximum absolute atomic E-state index is 11.5. The normalized spacial score (nSPS) is 17.3. The summed E-state index contributed by atoms with van der Waals surface area (Å²) in [4.78, 5) is 17.8. The van der Waals surface area contributed by atoms with E-state index in [1.165, 1.54) is 59.6 Å². The second-order valence-electron chi connectivity index (χ2n) is 9.12. The first-order valence-electron chi connectivity index (χ1n) is 11.7. The van der Waals surface area contributed by atoms with Gasteiger partial charge in [-0.2, -0.15) is 0 Å². The Morgan fingerprint density at radius 1 is 1.15 bits per heavy atom. The van der Waals surface area contributed by atoms with Gasteiger partial charge in [0.15, 0.2) is 0 Å². The molecule has 170 valence electrons. The average molecular weight is 443 g/mol. The second kappa shape index (κ2) is 9.24. The Morgan fingerprint density at radius 2 is 1.94 bits per heavy atom. The predicted octanol–water partition coefficient (Wildman–Crippen LogP) is 4.80. The van der Waals surface area contributed by atoms with Gasteiger partial charge in [0.25, 0.3) is 0 Å². The number of carboxylic acids is 1. The third kappa shape index (κ3) is 4.86. The number of hydrogen-bond acceptors (Lipinski definition) is 5. The molecule has 5 rings (SSSR count). The number of fused-ring (bicyclic) bond motifs is 1. The third-order valence-electron chi connectivity index (χ3n) is 6.77. The van der Waals surface area contributed by atoms with E-state index in [-0.39, 0.29) is 11.6 Å². The number of aromatic carboxylic acids is 1. The van der Waals surface area contributed by atoms with Crippen LogP contribution in [0.2, 0.25) is 0 Å². The van der Waals surface area contributed by atoms with E-state index in [1.807, 2.05) is 0 Å². The number of hydrogen-bond donors (Lipinski definition) is 3. The summed E-state index contributed by atoms with van der Waals surface area (Å²) in [6.07, 6.45) is 8.01. The molecule has 0 amide bonds. The maximum atomic E-state index is 11.5. The topological polar surface area (TPSA) is 77.5 Å². The molecule has 1 aromatic heterocycles. The van der Waals surface area contributed by atoms with Crippen LogP contribution in [0.1, 0.15) is 45.9 Å². The Hall–Kier alpha value is -3.38. The fourth-order valence-electron chi connectivity index (χ4n) is 4.62. The summed E-state index contributed by atoms with van der Waals surface area (Å²) in [5.41, 5.74) is 7.17. The summed E-state index contributed by atoms with van der Waals surface area (Å²) >= 11 is 0. The van der Waals surface area contributed by atoms with E-state index in [0.29, 0.717) is 12.2 Å². The zero-order chi connectivity index (χ0) is 22.8. The van der Waals surface area contributed by atoms with Crippen molar-refractivity contribution in [2.45, 2.75) is 31.7 Å². The van der Waals surface area contributed by atoms with Crippen LogP contribution in [-0.2, 0) is 12.8 Å². The standard InChI is InChI=1S/C27H30N4O2/c1-31(21-6-4-19(5-7-21)14-18-2-3-18)22-8-9-23-20(15-22)10-13-29-26(23)17-30-25-16-28-12-11-24(25)27(32)33/h4-9,11-12,15-16,18,26,29-30H,2-3,10,13-14,17H2,1H3,(H,32,33)/t26-/m0/s1. The van der Waals surface area contributed by atoms with Crippen LogP contribution in [0.15, 0.2) is 60.9 Å². The lowest BCUT2D eigenvalue weighted by atomic mass is 9.93. The number of aromatic nitrogens is 1. The van der Waals surface area contributed by atoms with E-state index in [0.717, 1.165) is 18.9 Å². The van der Waals surface area contributed by atoms with E-state index in [9.17, 15) is 9.90 Å². The van der Waals surface area contributed by atoms with Crippen LogP contribution < -0.4 is 15.5 Å². The van der Waals surface area contributed by atoms with Crippen molar-refractivity contribution in [3.63, 3.8) is 0 Å². The smallest absolute Gasteiger partial charge is 0.337 e. The third-order valence-corrected chi connectivity index (χ3v) is 6.77. The average Bonchev–Trinajstić information content (AvgIpc) is 3.66. The van der Waals surface area contributed by atoms with E-state index in [4.69, 9.17) is 0 Å². The summed E-state index contributed by atoms with van der Waals surface area (Å²) in [5.74, 6) is -0.0516. The highest BCUT2D eigenvalue weighted by Crippen LogP contribution is 2.34. The summed E-state index contributed by atoms with van der Waals surface area (Å²) in [6.45, 7) is 1.48. The highest BCUT2D eigenvalue weighted by molar-refractivity contribution is 5.93. The Labute approximate surface area is 194 Å². The van der Waals surface area contributed by atoms with Crippen molar-refractivity contribution < 1.29 is 9.90 Å².